The van der Waals surface area contributed by atoms with E-state index in [1.54, 1.807) is 19.2 Å². The van der Waals surface area contributed by atoms with Gasteiger partial charge in [0.05, 0.1) is 0 Å². The number of nitrogens with one attached hydrogen (secondary N) is 1. The summed E-state index contributed by atoms with van der Waals surface area (Å²) in [5, 5.41) is 2.97. The summed E-state index contributed by atoms with van der Waals surface area (Å²) < 4.78 is 1.32. The largest absolute Gasteiger partial charge is 0.388 e. The maximum absolute atomic E-state index is 11.6. The molecule has 90 valence electrons. The lowest BCUT2D eigenvalue weighted by Crippen LogP contribution is -2.22. The Kier molecular flexibility index (Phi) is 3.87. The number of rotatable bonds is 4. The van der Waals surface area contributed by atoms with E-state index in [2.05, 4.69) is 23.5 Å². The highest BCUT2D eigenvalue weighted by molar-refractivity contribution is 5.57. The molecular weight excluding hydrogens is 216 g/mol. The maximum Gasteiger partial charge on any atom is 0.354 e. The summed E-state index contributed by atoms with van der Waals surface area (Å²) in [6.07, 6.45) is 3.26. The molecule has 0 fully saturated rings. The predicted octanol–water partition coefficient (Wildman–Crippen LogP) is 0.976. The number of hydrogen-bond donors (Lipinski definition) is 2. The Hall–Kier alpha value is -2.30. The smallest absolute Gasteiger partial charge is 0.354 e. The van der Waals surface area contributed by atoms with Crippen LogP contribution in [-0.4, -0.2) is 16.6 Å². The summed E-state index contributed by atoms with van der Waals surface area (Å²) in [4.78, 5) is 15.2. The average molecular weight is 232 g/mol. The van der Waals surface area contributed by atoms with Crippen molar-refractivity contribution >= 4 is 11.5 Å². The standard InChI is InChI=1S/C12H16N4O/c1-8(2)10(14-4)7-9(3)16-6-5-11(13)15-12(16)17/h5-7,14H,1,3H2,2,4H3,(H2,13,15,17)/b10-7+. The molecule has 17 heavy (non-hydrogen) atoms. The molecule has 1 aromatic rings. The molecule has 0 aliphatic heterocycles. The normalized spacial score (nSPS) is 11.1. The number of anilines is 1. The quantitative estimate of drug-likeness (QED) is 0.759. The van der Waals surface area contributed by atoms with Gasteiger partial charge in [-0.05, 0) is 24.6 Å². The third-order valence-electron chi connectivity index (χ3n) is 2.17. The van der Waals surface area contributed by atoms with Gasteiger partial charge in [-0.1, -0.05) is 13.2 Å². The topological polar surface area (TPSA) is 72.9 Å². The van der Waals surface area contributed by atoms with Crippen LogP contribution in [-0.2, 0) is 0 Å². The summed E-state index contributed by atoms with van der Waals surface area (Å²) in [7, 11) is 1.78. The van der Waals surface area contributed by atoms with Gasteiger partial charge in [0.2, 0.25) is 0 Å². The zero-order chi connectivity index (χ0) is 13.0. The number of nitrogens with two attached hydrogens (primary N) is 1. The van der Waals surface area contributed by atoms with Gasteiger partial charge in [0.25, 0.3) is 0 Å². The molecule has 0 saturated carbocycles. The molecule has 1 aromatic heterocycles. The summed E-state index contributed by atoms with van der Waals surface area (Å²) in [5.41, 5.74) is 7.10. The maximum atomic E-state index is 11.6. The summed E-state index contributed by atoms with van der Waals surface area (Å²) >= 11 is 0. The van der Waals surface area contributed by atoms with Crippen LogP contribution in [0, 0.1) is 0 Å². The van der Waals surface area contributed by atoms with Crippen molar-refractivity contribution in [2.75, 3.05) is 12.8 Å². The van der Waals surface area contributed by atoms with Crippen LogP contribution in [0.15, 0.2) is 47.6 Å². The second-order valence-corrected chi connectivity index (χ2v) is 3.58. The third-order valence-corrected chi connectivity index (χ3v) is 2.17. The van der Waals surface area contributed by atoms with Gasteiger partial charge in [-0.2, -0.15) is 4.98 Å². The first-order valence-corrected chi connectivity index (χ1v) is 5.05. The molecule has 0 amide bonds. The first-order chi connectivity index (χ1) is 7.95. The lowest BCUT2D eigenvalue weighted by molar-refractivity contribution is 0.938. The number of likely N-dealkylation sites (N-methyl/N-ethyl adjacent to an activating group) is 1. The molecule has 0 aromatic carbocycles. The summed E-state index contributed by atoms with van der Waals surface area (Å²) in [6.45, 7) is 9.49. The molecule has 0 saturated heterocycles. The van der Waals surface area contributed by atoms with Crippen LogP contribution in [0.4, 0.5) is 5.82 Å². The van der Waals surface area contributed by atoms with Crippen LogP contribution in [0.2, 0.25) is 0 Å². The van der Waals surface area contributed by atoms with Crippen LogP contribution in [0.5, 0.6) is 0 Å². The molecule has 0 aliphatic rings. The fraction of sp³-hybridized carbons (Fsp3) is 0.167. The van der Waals surface area contributed by atoms with Crippen LogP contribution in [0.1, 0.15) is 6.92 Å². The summed E-state index contributed by atoms with van der Waals surface area (Å²) in [5.74, 6) is 0.191. The molecule has 0 unspecified atom stereocenters. The monoisotopic (exact) mass is 232 g/mol. The zero-order valence-corrected chi connectivity index (χ0v) is 10.0. The minimum absolute atomic E-state index is 0.191. The third kappa shape index (κ3) is 3.07. The molecule has 1 heterocycles. The highest BCUT2D eigenvalue weighted by Gasteiger charge is 2.02. The fourth-order valence-electron chi connectivity index (χ4n) is 1.28. The van der Waals surface area contributed by atoms with Gasteiger partial charge in [-0.15, -0.1) is 0 Å². The number of nitrogen functional groups attached to an aromatic ring is 1. The molecule has 0 bridgehead atoms. The SMILES string of the molecule is C=C(C)/C(=C\C(=C)n1ccc(N)nc1=O)NC. The second kappa shape index (κ2) is 5.16. The average Bonchev–Trinajstić information content (AvgIpc) is 2.24. The van der Waals surface area contributed by atoms with Crippen molar-refractivity contribution in [3.8, 4) is 0 Å². The van der Waals surface area contributed by atoms with Gasteiger partial charge in [-0.25, -0.2) is 4.79 Å². The molecule has 1 rings (SSSR count). The van der Waals surface area contributed by atoms with Crippen LogP contribution in [0.25, 0.3) is 5.70 Å². The Labute approximate surface area is 100.0 Å². The molecule has 5 nitrogen and oxygen atoms in total. The Morgan fingerprint density at radius 3 is 2.71 bits per heavy atom. The molecular formula is C12H16N4O. The van der Waals surface area contributed by atoms with E-state index >= 15 is 0 Å². The molecule has 5 heteroatoms. The Morgan fingerprint density at radius 1 is 1.59 bits per heavy atom. The second-order valence-electron chi connectivity index (χ2n) is 3.58. The highest BCUT2D eigenvalue weighted by atomic mass is 16.1. The Balaban J connectivity index is 3.13. The number of allylic oxidation sites excluding steroid dienone is 3. The lowest BCUT2D eigenvalue weighted by atomic mass is 10.2. The predicted molar refractivity (Wildman–Crippen MR) is 70.2 cm³/mol. The van der Waals surface area contributed by atoms with Gasteiger partial charge in [0.1, 0.15) is 5.82 Å². The van der Waals surface area contributed by atoms with E-state index in [-0.39, 0.29) is 5.82 Å². The van der Waals surface area contributed by atoms with Crippen molar-refractivity contribution in [1.29, 1.82) is 0 Å². The van der Waals surface area contributed by atoms with Gasteiger partial charge in [0.15, 0.2) is 0 Å². The van der Waals surface area contributed by atoms with E-state index in [4.69, 9.17) is 5.73 Å². The summed E-state index contributed by atoms with van der Waals surface area (Å²) in [6, 6.07) is 1.54. The lowest BCUT2D eigenvalue weighted by Gasteiger charge is -2.09. The fourth-order valence-corrected chi connectivity index (χ4v) is 1.28. The van der Waals surface area contributed by atoms with Crippen LogP contribution >= 0.6 is 0 Å². The number of hydrogen-bond acceptors (Lipinski definition) is 4. The van der Waals surface area contributed by atoms with Gasteiger partial charge < -0.3 is 11.1 Å². The van der Waals surface area contributed by atoms with Gasteiger partial charge in [0, 0.05) is 24.6 Å². The van der Waals surface area contributed by atoms with E-state index in [1.165, 1.54) is 10.8 Å². The highest BCUT2D eigenvalue weighted by Crippen LogP contribution is 2.08. The molecule has 0 radical (unpaired) electrons. The van der Waals surface area contributed by atoms with Crippen molar-refractivity contribution in [1.82, 2.24) is 14.9 Å². The molecule has 0 atom stereocenters. The number of nitrogens with zero attached hydrogens (tertiary/aromatic N) is 2. The van der Waals surface area contributed by atoms with E-state index in [9.17, 15) is 4.79 Å². The number of aromatic nitrogens is 2. The van der Waals surface area contributed by atoms with Crippen LogP contribution in [0.3, 0.4) is 0 Å². The van der Waals surface area contributed by atoms with Gasteiger partial charge in [-0.3, -0.25) is 4.57 Å². The molecule has 0 spiro atoms. The van der Waals surface area contributed by atoms with E-state index < -0.39 is 5.69 Å². The van der Waals surface area contributed by atoms with Crippen molar-refractivity contribution in [2.45, 2.75) is 6.92 Å². The van der Waals surface area contributed by atoms with E-state index in [0.29, 0.717) is 5.70 Å². The van der Waals surface area contributed by atoms with Crippen molar-refractivity contribution in [3.05, 3.63) is 53.3 Å². The first kappa shape index (κ1) is 12.8. The minimum atomic E-state index is -0.455. The molecule has 0 aliphatic carbocycles. The first-order valence-electron chi connectivity index (χ1n) is 5.05. The van der Waals surface area contributed by atoms with Gasteiger partial charge >= 0.3 is 5.69 Å². The van der Waals surface area contributed by atoms with Crippen LogP contribution < -0.4 is 16.7 Å². The van der Waals surface area contributed by atoms with Crippen molar-refractivity contribution in [3.63, 3.8) is 0 Å². The Bertz CT molecular complexity index is 540. The van der Waals surface area contributed by atoms with Crippen molar-refractivity contribution < 1.29 is 0 Å². The molecule has 3 N–H and O–H groups in total. The van der Waals surface area contributed by atoms with Crippen molar-refractivity contribution in [2.24, 2.45) is 0 Å². The zero-order valence-electron chi connectivity index (χ0n) is 10.0. The van der Waals surface area contributed by atoms with E-state index in [1.807, 2.05) is 6.92 Å². The Morgan fingerprint density at radius 2 is 2.24 bits per heavy atom. The minimum Gasteiger partial charge on any atom is -0.388 e. The van der Waals surface area contributed by atoms with E-state index in [0.717, 1.165) is 11.3 Å².